The minimum Gasteiger partial charge on any atom is -0.488 e. The number of aromatic nitrogens is 3. The van der Waals surface area contributed by atoms with Crippen molar-refractivity contribution >= 4 is 51.9 Å². The van der Waals surface area contributed by atoms with E-state index in [0.717, 1.165) is 27.7 Å². The number of carbonyl (C=O) groups excluding carboxylic acids is 2. The monoisotopic (exact) mass is 765 g/mol. The molecule has 1 heterocycles. The van der Waals surface area contributed by atoms with Gasteiger partial charge in [0.15, 0.2) is 12.4 Å². The van der Waals surface area contributed by atoms with E-state index in [-0.39, 0.29) is 29.0 Å². The van der Waals surface area contributed by atoms with Gasteiger partial charge in [-0.2, -0.15) is 28.1 Å². The Labute approximate surface area is 283 Å². The van der Waals surface area contributed by atoms with E-state index in [1.165, 1.54) is 0 Å². The van der Waals surface area contributed by atoms with Crippen molar-refractivity contribution in [3.05, 3.63) is 74.7 Å². The summed E-state index contributed by atoms with van der Waals surface area (Å²) in [4.78, 5) is 37.1. The second-order valence-corrected chi connectivity index (χ2v) is 13.4. The topological polar surface area (TPSA) is 139 Å². The number of benzene rings is 2. The van der Waals surface area contributed by atoms with E-state index in [2.05, 4.69) is 58.8 Å². The number of Topliss-reactive ketones (excluding diaryl/α,β-unsaturated/α-hetero) is 1. The Morgan fingerprint density at radius 1 is 0.957 bits per heavy atom. The van der Waals surface area contributed by atoms with Gasteiger partial charge in [-0.3, -0.25) is 9.59 Å². The lowest BCUT2D eigenvalue weighted by atomic mass is 9.92. The summed E-state index contributed by atoms with van der Waals surface area (Å²) in [7, 11) is 0. The molecule has 4 N–H and O–H groups in total. The fourth-order valence-corrected chi connectivity index (χ4v) is 5.13. The molecule has 11 nitrogen and oxygen atoms in total. The fraction of sp³-hybridized carbons (Fsp3) is 0.406. The van der Waals surface area contributed by atoms with Crippen molar-refractivity contribution in [1.29, 1.82) is 0 Å². The largest absolute Gasteiger partial charge is 0.488 e. The summed E-state index contributed by atoms with van der Waals surface area (Å²) in [6, 6.07) is 14.0. The zero-order valence-corrected chi connectivity index (χ0v) is 28.2. The van der Waals surface area contributed by atoms with Crippen LogP contribution in [0, 0.1) is 8.99 Å². The van der Waals surface area contributed by atoms with Crippen molar-refractivity contribution in [2.45, 2.75) is 51.7 Å². The summed E-state index contributed by atoms with van der Waals surface area (Å²) in [5.41, 5.74) is 1.93. The molecule has 1 fully saturated rings. The number of hydrogen-bond acceptors (Lipinski definition) is 10. The highest BCUT2D eigenvalue weighted by Crippen LogP contribution is 2.48. The number of allylic oxidation sites excluding steroid dienone is 2. The van der Waals surface area contributed by atoms with Crippen LogP contribution in [0.3, 0.4) is 0 Å². The third kappa shape index (κ3) is 9.23. The van der Waals surface area contributed by atoms with Gasteiger partial charge in [-0.25, -0.2) is 0 Å². The number of halogens is 4. The lowest BCUT2D eigenvalue weighted by molar-refractivity contribution is -0.154. The number of carbonyl (C=O) groups is 2. The normalized spacial score (nSPS) is 15.4. The van der Waals surface area contributed by atoms with Crippen LogP contribution in [0.15, 0.2) is 60.0 Å². The maximum absolute atomic E-state index is 12.9. The number of ketones is 1. The number of anilines is 3. The second kappa shape index (κ2) is 13.9. The summed E-state index contributed by atoms with van der Waals surface area (Å²) >= 11 is 2.22. The van der Waals surface area contributed by atoms with Crippen LogP contribution in [0.2, 0.25) is 0 Å². The summed E-state index contributed by atoms with van der Waals surface area (Å²) in [6.45, 7) is 5.56. The maximum atomic E-state index is 12.9. The number of nitrogens with one attached hydrogen (secondary N) is 4. The summed E-state index contributed by atoms with van der Waals surface area (Å²) in [5, 5.41) is 12.4. The van der Waals surface area contributed by atoms with Crippen LogP contribution >= 0.6 is 22.6 Å². The van der Waals surface area contributed by atoms with E-state index in [9.17, 15) is 22.8 Å². The van der Waals surface area contributed by atoms with Crippen molar-refractivity contribution < 1.29 is 32.2 Å². The molecule has 2 aromatic carbocycles. The minimum absolute atomic E-state index is 0.0224. The molecule has 3 aromatic rings. The number of nitrogens with zero attached hydrogens (tertiary/aromatic N) is 3. The highest BCUT2D eigenvalue weighted by Gasteiger charge is 2.45. The standard InChI is InChI=1S/C32H35F3IN7O4/c1-4-46-25-23(15-24(25)44)37-16-30(2,3)17-38-26(45)19-5-11-22(12-6-19)39-27-40-28(42-29(41-27)47-18-32(33,34)35)43-31(13-14-31)20-7-9-21(36)10-8-20/h5-12,37H,4,13-18H2,1-3H3,(H,38,45)(H2,39,40,41,42,43). The zero-order chi connectivity index (χ0) is 33.8. The highest BCUT2D eigenvalue weighted by atomic mass is 127. The summed E-state index contributed by atoms with van der Waals surface area (Å²) in [6.07, 6.45) is -2.66. The average Bonchev–Trinajstić information content (AvgIpc) is 3.80. The molecule has 2 aliphatic rings. The third-order valence-corrected chi connectivity index (χ3v) is 8.26. The Morgan fingerprint density at radius 2 is 1.64 bits per heavy atom. The molecule has 1 aromatic heterocycles. The van der Waals surface area contributed by atoms with Crippen LogP contribution in [0.1, 0.15) is 56.0 Å². The predicted octanol–water partition coefficient (Wildman–Crippen LogP) is 5.83. The molecule has 47 heavy (non-hydrogen) atoms. The molecule has 0 atom stereocenters. The molecule has 0 radical (unpaired) electrons. The van der Waals surface area contributed by atoms with E-state index in [4.69, 9.17) is 9.47 Å². The zero-order valence-electron chi connectivity index (χ0n) is 26.1. The van der Waals surface area contributed by atoms with Crippen LogP contribution in [0.25, 0.3) is 0 Å². The van der Waals surface area contributed by atoms with E-state index in [1.54, 1.807) is 24.3 Å². The molecule has 1 saturated carbocycles. The first-order chi connectivity index (χ1) is 22.2. The first-order valence-electron chi connectivity index (χ1n) is 15.0. The lowest BCUT2D eigenvalue weighted by Crippen LogP contribution is -2.42. The number of amides is 1. The predicted molar refractivity (Wildman–Crippen MR) is 177 cm³/mol. The Hall–Kier alpha value is -4.15. The molecule has 5 rings (SSSR count). The lowest BCUT2D eigenvalue weighted by Gasteiger charge is -2.30. The van der Waals surface area contributed by atoms with Gasteiger partial charge in [0.1, 0.15) is 0 Å². The quantitative estimate of drug-likeness (QED) is 0.140. The van der Waals surface area contributed by atoms with Crippen molar-refractivity contribution in [3.8, 4) is 6.01 Å². The average molecular weight is 766 g/mol. The van der Waals surface area contributed by atoms with Crippen LogP contribution in [0.4, 0.5) is 30.8 Å². The van der Waals surface area contributed by atoms with Crippen LogP contribution in [0.5, 0.6) is 6.01 Å². The van der Waals surface area contributed by atoms with E-state index in [0.29, 0.717) is 43.1 Å². The molecular formula is C32H35F3IN7O4. The SMILES string of the molecule is CCOC1=C(NCC(C)(C)CNC(=O)c2ccc(Nc3nc(NC4(c5ccc(I)cc5)CC4)nc(OCC(F)(F)F)n3)cc2)CC1=O. The Bertz CT molecular complexity index is 1640. The van der Waals surface area contributed by atoms with Gasteiger partial charge >= 0.3 is 12.2 Å². The van der Waals surface area contributed by atoms with Crippen LogP contribution < -0.4 is 26.0 Å². The Kier molecular flexibility index (Phi) is 10.1. The smallest absolute Gasteiger partial charge is 0.422 e. The number of hydrogen-bond donors (Lipinski definition) is 4. The summed E-state index contributed by atoms with van der Waals surface area (Å²) < 4.78 is 50.0. The fourth-order valence-electron chi connectivity index (χ4n) is 4.77. The van der Waals surface area contributed by atoms with Crippen molar-refractivity contribution in [2.24, 2.45) is 5.41 Å². The highest BCUT2D eigenvalue weighted by molar-refractivity contribution is 14.1. The molecule has 250 valence electrons. The molecule has 0 unspecified atom stereocenters. The van der Waals surface area contributed by atoms with Crippen molar-refractivity contribution in [2.75, 3.05) is 36.9 Å². The number of ether oxygens (including phenoxy) is 2. The number of alkyl halides is 3. The van der Waals surface area contributed by atoms with Gasteiger partial charge in [0.25, 0.3) is 5.91 Å². The molecule has 1 amide bonds. The van der Waals surface area contributed by atoms with Crippen molar-refractivity contribution in [1.82, 2.24) is 25.6 Å². The van der Waals surface area contributed by atoms with Gasteiger partial charge < -0.3 is 30.7 Å². The van der Waals surface area contributed by atoms with E-state index in [1.807, 2.05) is 45.0 Å². The molecule has 0 saturated heterocycles. The van der Waals surface area contributed by atoms with Gasteiger partial charge in [0.05, 0.1) is 24.3 Å². The van der Waals surface area contributed by atoms with Gasteiger partial charge in [-0.15, -0.1) is 0 Å². The second-order valence-electron chi connectivity index (χ2n) is 12.1. The number of rotatable bonds is 15. The van der Waals surface area contributed by atoms with Crippen LogP contribution in [-0.2, 0) is 15.1 Å². The van der Waals surface area contributed by atoms with Gasteiger partial charge in [-0.05, 0) is 89.7 Å². The Balaban J connectivity index is 1.22. The molecule has 2 aliphatic carbocycles. The van der Waals surface area contributed by atoms with Crippen LogP contribution in [-0.4, -0.2) is 59.1 Å². The first-order valence-corrected chi connectivity index (χ1v) is 16.1. The first kappa shape index (κ1) is 34.2. The maximum Gasteiger partial charge on any atom is 0.422 e. The van der Waals surface area contributed by atoms with E-state index >= 15 is 0 Å². The molecule has 0 spiro atoms. The molecule has 0 aliphatic heterocycles. The van der Waals surface area contributed by atoms with Crippen molar-refractivity contribution in [3.63, 3.8) is 0 Å². The third-order valence-electron chi connectivity index (χ3n) is 7.54. The summed E-state index contributed by atoms with van der Waals surface area (Å²) in [5.74, 6) is 0.117. The van der Waals surface area contributed by atoms with E-state index < -0.39 is 24.3 Å². The molecule has 0 bridgehead atoms. The van der Waals surface area contributed by atoms with Gasteiger partial charge in [-0.1, -0.05) is 26.0 Å². The van der Waals surface area contributed by atoms with Gasteiger partial charge in [0.2, 0.25) is 17.7 Å². The molecular weight excluding hydrogens is 730 g/mol. The van der Waals surface area contributed by atoms with Gasteiger partial charge in [0, 0.05) is 27.9 Å². The minimum atomic E-state index is -4.57. The molecule has 15 heteroatoms. The Morgan fingerprint density at radius 3 is 2.26 bits per heavy atom.